The number of benzene rings is 1. The zero-order valence-corrected chi connectivity index (χ0v) is 12.9. The predicted octanol–water partition coefficient (Wildman–Crippen LogP) is 2.08. The molecule has 0 bridgehead atoms. The molecule has 2 heterocycles. The number of piperidine rings is 1. The van der Waals surface area contributed by atoms with E-state index in [2.05, 4.69) is 16.3 Å². The summed E-state index contributed by atoms with van der Waals surface area (Å²) in [6, 6.07) is 7.95. The number of hydrogen-bond donors (Lipinski definition) is 2. The van der Waals surface area contributed by atoms with Crippen LogP contribution in [-0.4, -0.2) is 34.4 Å². The first-order valence-corrected chi connectivity index (χ1v) is 8.01. The van der Waals surface area contributed by atoms with E-state index in [0.29, 0.717) is 4.99 Å². The first-order chi connectivity index (χ1) is 10.2. The number of carbonyl (C=O) groups is 1. The van der Waals surface area contributed by atoms with Crippen molar-refractivity contribution in [3.63, 3.8) is 0 Å². The Hall–Kier alpha value is -1.46. The van der Waals surface area contributed by atoms with E-state index >= 15 is 0 Å². The lowest BCUT2D eigenvalue weighted by molar-refractivity contribution is -0.122. The van der Waals surface area contributed by atoms with Crippen LogP contribution < -0.4 is 11.1 Å². The van der Waals surface area contributed by atoms with Crippen LogP contribution in [0.25, 0.3) is 0 Å². The number of fused-ring (bicyclic) bond motifs is 1. The first-order valence-electron chi connectivity index (χ1n) is 7.60. The maximum absolute atomic E-state index is 12.6. The molecule has 2 atom stereocenters. The molecule has 0 aliphatic carbocycles. The van der Waals surface area contributed by atoms with Crippen LogP contribution in [0.3, 0.4) is 0 Å². The van der Waals surface area contributed by atoms with Crippen molar-refractivity contribution in [3.05, 3.63) is 29.8 Å². The number of nitrogens with one attached hydrogen (secondary N) is 1. The minimum absolute atomic E-state index is 0.0608. The molecule has 1 fully saturated rings. The number of amides is 1. The summed E-state index contributed by atoms with van der Waals surface area (Å²) in [5, 5.41) is 3.06. The molecule has 1 saturated heterocycles. The number of anilines is 1. The normalized spacial score (nSPS) is 26.6. The van der Waals surface area contributed by atoms with E-state index in [-0.39, 0.29) is 18.0 Å². The van der Waals surface area contributed by atoms with E-state index in [4.69, 9.17) is 18.0 Å². The summed E-state index contributed by atoms with van der Waals surface area (Å²) in [5.41, 5.74) is 8.04. The van der Waals surface area contributed by atoms with Crippen LogP contribution >= 0.6 is 12.2 Å². The molecule has 21 heavy (non-hydrogen) atoms. The van der Waals surface area contributed by atoms with Crippen molar-refractivity contribution < 1.29 is 4.79 Å². The first kappa shape index (κ1) is 14.5. The summed E-state index contributed by atoms with van der Waals surface area (Å²) >= 11 is 5.21. The number of para-hydroxylation sites is 1. The number of nitrogens with zero attached hydrogens (tertiary/aromatic N) is 1. The molecule has 4 nitrogen and oxygen atoms in total. The Bertz CT molecular complexity index is 560. The van der Waals surface area contributed by atoms with Gasteiger partial charge in [0.25, 0.3) is 0 Å². The summed E-state index contributed by atoms with van der Waals surface area (Å²) in [5.74, 6) is 0.0723. The second kappa shape index (κ2) is 6.12. The molecule has 0 spiro atoms. The zero-order valence-electron chi connectivity index (χ0n) is 12.0. The number of rotatable bonds is 2. The number of thiocarbonyl (C=S) groups is 1. The lowest BCUT2D eigenvalue weighted by Crippen LogP contribution is -2.55. The van der Waals surface area contributed by atoms with Crippen LogP contribution in [0, 0.1) is 0 Å². The van der Waals surface area contributed by atoms with E-state index in [1.807, 2.05) is 18.2 Å². The number of aryl methyl sites for hydroxylation is 1. The van der Waals surface area contributed by atoms with Gasteiger partial charge >= 0.3 is 0 Å². The average molecular weight is 303 g/mol. The molecule has 2 aliphatic rings. The minimum atomic E-state index is -0.135. The van der Waals surface area contributed by atoms with Crippen LogP contribution in [0.4, 0.5) is 5.69 Å². The van der Waals surface area contributed by atoms with Crippen LogP contribution in [0.5, 0.6) is 0 Å². The van der Waals surface area contributed by atoms with Gasteiger partial charge in [0, 0.05) is 5.69 Å². The monoisotopic (exact) mass is 303 g/mol. The highest BCUT2D eigenvalue weighted by Crippen LogP contribution is 2.27. The van der Waals surface area contributed by atoms with Gasteiger partial charge in [-0.1, -0.05) is 36.8 Å². The Kier molecular flexibility index (Phi) is 4.22. The van der Waals surface area contributed by atoms with Gasteiger partial charge in [0.1, 0.15) is 0 Å². The van der Waals surface area contributed by atoms with Gasteiger partial charge in [0.05, 0.1) is 17.1 Å². The fourth-order valence-corrected chi connectivity index (χ4v) is 3.70. The van der Waals surface area contributed by atoms with Gasteiger partial charge in [0.2, 0.25) is 5.91 Å². The average Bonchev–Trinajstić information content (AvgIpc) is 2.65. The highest BCUT2D eigenvalue weighted by Gasteiger charge is 2.35. The topological polar surface area (TPSA) is 58.4 Å². The number of hydrogen-bond acceptors (Lipinski definition) is 3. The van der Waals surface area contributed by atoms with Gasteiger partial charge in [-0.25, -0.2) is 0 Å². The largest absolute Gasteiger partial charge is 0.392 e. The molecular formula is C16H21N3OS. The maximum Gasteiger partial charge on any atom is 0.241 e. The third kappa shape index (κ3) is 2.94. The van der Waals surface area contributed by atoms with E-state index in [9.17, 15) is 4.79 Å². The molecule has 1 aromatic rings. The highest BCUT2D eigenvalue weighted by atomic mass is 32.1. The summed E-state index contributed by atoms with van der Waals surface area (Å²) in [7, 11) is 0. The molecule has 0 radical (unpaired) electrons. The van der Waals surface area contributed by atoms with Crippen molar-refractivity contribution in [2.45, 2.75) is 44.2 Å². The lowest BCUT2D eigenvalue weighted by atomic mass is 9.97. The van der Waals surface area contributed by atoms with Gasteiger partial charge in [-0.3, -0.25) is 9.69 Å². The van der Waals surface area contributed by atoms with E-state index < -0.39 is 0 Å². The van der Waals surface area contributed by atoms with Gasteiger partial charge < -0.3 is 11.1 Å². The third-order valence-corrected chi connectivity index (χ3v) is 4.81. The quantitative estimate of drug-likeness (QED) is 0.821. The van der Waals surface area contributed by atoms with Crippen LogP contribution in [0.15, 0.2) is 24.3 Å². The van der Waals surface area contributed by atoms with Crippen molar-refractivity contribution in [1.82, 2.24) is 4.90 Å². The Morgan fingerprint density at radius 2 is 2.10 bits per heavy atom. The molecule has 1 aromatic carbocycles. The van der Waals surface area contributed by atoms with Gasteiger partial charge in [0.15, 0.2) is 0 Å². The van der Waals surface area contributed by atoms with Gasteiger partial charge in [-0.05, 0) is 43.9 Å². The van der Waals surface area contributed by atoms with Crippen LogP contribution in [0.1, 0.15) is 31.2 Å². The van der Waals surface area contributed by atoms with Crippen LogP contribution in [0.2, 0.25) is 0 Å². The Morgan fingerprint density at radius 3 is 2.90 bits per heavy atom. The molecular weight excluding hydrogens is 282 g/mol. The second-order valence-electron chi connectivity index (χ2n) is 5.85. The summed E-state index contributed by atoms with van der Waals surface area (Å²) in [6.45, 7) is 0.899. The van der Waals surface area contributed by atoms with Crippen molar-refractivity contribution in [3.8, 4) is 0 Å². The molecule has 2 unspecified atom stereocenters. The molecule has 5 heteroatoms. The Morgan fingerprint density at radius 1 is 1.29 bits per heavy atom. The molecule has 3 N–H and O–H groups in total. The SMILES string of the molecule is NC(=S)C1CCCCN1C1CCc2ccccc2NC1=O. The second-order valence-corrected chi connectivity index (χ2v) is 6.32. The Balaban J connectivity index is 1.83. The van der Waals surface area contributed by atoms with Gasteiger partial charge in [-0.2, -0.15) is 0 Å². The van der Waals surface area contributed by atoms with Crippen molar-refractivity contribution in [1.29, 1.82) is 0 Å². The number of carbonyl (C=O) groups excluding carboxylic acids is 1. The summed E-state index contributed by atoms with van der Waals surface area (Å²) in [4.78, 5) is 15.3. The number of nitrogens with two attached hydrogens (primary N) is 1. The smallest absolute Gasteiger partial charge is 0.241 e. The molecule has 2 aliphatic heterocycles. The summed E-state index contributed by atoms with van der Waals surface area (Å²) in [6.07, 6.45) is 4.93. The van der Waals surface area contributed by atoms with E-state index in [1.54, 1.807) is 0 Å². The van der Waals surface area contributed by atoms with Crippen LogP contribution in [-0.2, 0) is 11.2 Å². The third-order valence-electron chi connectivity index (χ3n) is 4.54. The Labute approximate surface area is 130 Å². The molecule has 1 amide bonds. The zero-order chi connectivity index (χ0) is 14.8. The fourth-order valence-electron chi connectivity index (χ4n) is 3.45. The molecule has 0 saturated carbocycles. The molecule has 112 valence electrons. The predicted molar refractivity (Wildman–Crippen MR) is 88.3 cm³/mol. The van der Waals surface area contributed by atoms with E-state index in [0.717, 1.165) is 44.3 Å². The maximum atomic E-state index is 12.6. The minimum Gasteiger partial charge on any atom is -0.392 e. The van der Waals surface area contributed by atoms with Crippen molar-refractivity contribution in [2.75, 3.05) is 11.9 Å². The van der Waals surface area contributed by atoms with Crippen molar-refractivity contribution >= 4 is 28.8 Å². The van der Waals surface area contributed by atoms with Crippen molar-refractivity contribution in [2.24, 2.45) is 5.73 Å². The molecule has 3 rings (SSSR count). The number of likely N-dealkylation sites (tertiary alicyclic amines) is 1. The lowest BCUT2D eigenvalue weighted by Gasteiger charge is -2.39. The van der Waals surface area contributed by atoms with Gasteiger partial charge in [-0.15, -0.1) is 0 Å². The highest BCUT2D eigenvalue weighted by molar-refractivity contribution is 7.80. The standard InChI is InChI=1S/C16H21N3OS/c17-15(21)13-7-3-4-10-19(13)14-9-8-11-5-1-2-6-12(11)18-16(14)20/h1-2,5-6,13-14H,3-4,7-10H2,(H2,17,21)(H,18,20). The fraction of sp³-hybridized carbons (Fsp3) is 0.500. The van der Waals surface area contributed by atoms with E-state index in [1.165, 1.54) is 5.56 Å². The summed E-state index contributed by atoms with van der Waals surface area (Å²) < 4.78 is 0. The molecule has 0 aromatic heterocycles.